The van der Waals surface area contributed by atoms with Crippen LogP contribution in [0.2, 0.25) is 0 Å². The molecular formula is C16H29IN4. The summed E-state index contributed by atoms with van der Waals surface area (Å²) < 4.78 is 0. The molecule has 1 heterocycles. The minimum absolute atomic E-state index is 0. The smallest absolute Gasteiger partial charge is 0.188 e. The number of nitrogens with one attached hydrogen (secondary N) is 1. The van der Waals surface area contributed by atoms with Gasteiger partial charge in [-0.15, -0.1) is 24.0 Å². The summed E-state index contributed by atoms with van der Waals surface area (Å²) in [5, 5.41) is 3.13. The van der Waals surface area contributed by atoms with Gasteiger partial charge in [-0.25, -0.2) is 0 Å². The average Bonchev–Trinajstić information content (AvgIpc) is 2.47. The second kappa shape index (κ2) is 14.1. The standard InChI is InChI=1S/C16H28N4.HI/c1-2-3-4-5-6-8-13-19-16(17)20-14-11-15-10-7-9-12-18-15;/h7,9-10,12H,2-6,8,11,13-14H2,1H3,(H3,17,19,20);1H. The molecule has 0 atom stereocenters. The van der Waals surface area contributed by atoms with Crippen molar-refractivity contribution in [1.29, 1.82) is 0 Å². The molecule has 21 heavy (non-hydrogen) atoms. The Balaban J connectivity index is 0.00000400. The molecule has 0 unspecified atom stereocenters. The van der Waals surface area contributed by atoms with E-state index < -0.39 is 0 Å². The van der Waals surface area contributed by atoms with Crippen LogP contribution in [0.5, 0.6) is 0 Å². The van der Waals surface area contributed by atoms with Crippen molar-refractivity contribution in [2.75, 3.05) is 13.1 Å². The zero-order valence-electron chi connectivity index (χ0n) is 13.1. The van der Waals surface area contributed by atoms with Gasteiger partial charge in [-0.05, 0) is 18.6 Å². The van der Waals surface area contributed by atoms with Crippen LogP contribution in [0.4, 0.5) is 0 Å². The van der Waals surface area contributed by atoms with E-state index >= 15 is 0 Å². The first-order valence-corrected chi connectivity index (χ1v) is 7.76. The van der Waals surface area contributed by atoms with Gasteiger partial charge in [0.1, 0.15) is 0 Å². The molecule has 0 bridgehead atoms. The highest BCUT2D eigenvalue weighted by atomic mass is 127. The van der Waals surface area contributed by atoms with Crippen molar-refractivity contribution in [3.05, 3.63) is 30.1 Å². The number of aromatic nitrogens is 1. The average molecular weight is 404 g/mol. The zero-order valence-corrected chi connectivity index (χ0v) is 15.4. The van der Waals surface area contributed by atoms with E-state index in [2.05, 4.69) is 22.2 Å². The van der Waals surface area contributed by atoms with Gasteiger partial charge in [-0.1, -0.05) is 45.1 Å². The lowest BCUT2D eigenvalue weighted by Gasteiger charge is -2.05. The van der Waals surface area contributed by atoms with E-state index in [-0.39, 0.29) is 24.0 Å². The summed E-state index contributed by atoms with van der Waals surface area (Å²) >= 11 is 0. The Morgan fingerprint density at radius 2 is 1.95 bits per heavy atom. The van der Waals surface area contributed by atoms with Gasteiger partial charge >= 0.3 is 0 Å². The van der Waals surface area contributed by atoms with Crippen LogP contribution in [-0.4, -0.2) is 24.0 Å². The highest BCUT2D eigenvalue weighted by Gasteiger charge is 1.95. The van der Waals surface area contributed by atoms with Crippen LogP contribution >= 0.6 is 24.0 Å². The van der Waals surface area contributed by atoms with Gasteiger partial charge in [0.2, 0.25) is 0 Å². The van der Waals surface area contributed by atoms with Gasteiger partial charge in [0, 0.05) is 31.4 Å². The van der Waals surface area contributed by atoms with Crippen molar-refractivity contribution in [2.45, 2.75) is 51.9 Å². The Morgan fingerprint density at radius 3 is 2.67 bits per heavy atom. The number of hydrogen-bond acceptors (Lipinski definition) is 2. The van der Waals surface area contributed by atoms with Crippen molar-refractivity contribution < 1.29 is 0 Å². The molecule has 1 aromatic rings. The number of nitrogens with zero attached hydrogens (tertiary/aromatic N) is 2. The molecule has 4 nitrogen and oxygen atoms in total. The van der Waals surface area contributed by atoms with E-state index in [1.165, 1.54) is 32.1 Å². The second-order valence-electron chi connectivity index (χ2n) is 5.03. The second-order valence-corrected chi connectivity index (χ2v) is 5.03. The number of nitrogens with two attached hydrogens (primary N) is 1. The summed E-state index contributed by atoms with van der Waals surface area (Å²) in [5.74, 6) is 0.550. The van der Waals surface area contributed by atoms with Crippen LogP contribution in [-0.2, 0) is 6.42 Å². The first-order valence-electron chi connectivity index (χ1n) is 7.76. The lowest BCUT2D eigenvalue weighted by atomic mass is 10.1. The molecule has 1 rings (SSSR count). The maximum atomic E-state index is 5.82. The number of rotatable bonds is 10. The Kier molecular flexibility index (Phi) is 13.5. The number of unbranched alkanes of at least 4 members (excludes halogenated alkanes) is 5. The Morgan fingerprint density at radius 1 is 1.19 bits per heavy atom. The Hall–Kier alpha value is -0.850. The van der Waals surface area contributed by atoms with Crippen LogP contribution in [0.15, 0.2) is 29.4 Å². The van der Waals surface area contributed by atoms with Crippen molar-refractivity contribution >= 4 is 29.9 Å². The molecule has 0 aliphatic rings. The monoisotopic (exact) mass is 404 g/mol. The SMILES string of the molecule is CCCCCCCCN=C(N)NCCc1ccccn1.I. The topological polar surface area (TPSA) is 63.3 Å². The molecule has 0 aliphatic carbocycles. The summed E-state index contributed by atoms with van der Waals surface area (Å²) in [4.78, 5) is 8.60. The summed E-state index contributed by atoms with van der Waals surface area (Å²) in [6.45, 7) is 3.85. The van der Waals surface area contributed by atoms with Crippen molar-refractivity contribution in [1.82, 2.24) is 10.3 Å². The molecular weight excluding hydrogens is 375 g/mol. The number of halogens is 1. The molecule has 3 N–H and O–H groups in total. The summed E-state index contributed by atoms with van der Waals surface area (Å²) in [7, 11) is 0. The molecule has 120 valence electrons. The van der Waals surface area contributed by atoms with Crippen LogP contribution in [0.25, 0.3) is 0 Å². The third kappa shape index (κ3) is 11.5. The lowest BCUT2D eigenvalue weighted by molar-refractivity contribution is 0.611. The Labute approximate surface area is 146 Å². The summed E-state index contributed by atoms with van der Waals surface area (Å²) in [6.07, 6.45) is 10.4. The van der Waals surface area contributed by atoms with E-state index in [4.69, 9.17) is 5.73 Å². The molecule has 0 saturated carbocycles. The first-order chi connectivity index (χ1) is 9.83. The van der Waals surface area contributed by atoms with Crippen LogP contribution in [0, 0.1) is 0 Å². The molecule has 1 aromatic heterocycles. The third-order valence-corrected chi connectivity index (χ3v) is 3.21. The van der Waals surface area contributed by atoms with Gasteiger partial charge in [-0.3, -0.25) is 9.98 Å². The highest BCUT2D eigenvalue weighted by Crippen LogP contribution is 2.04. The van der Waals surface area contributed by atoms with Crippen molar-refractivity contribution in [3.8, 4) is 0 Å². The van der Waals surface area contributed by atoms with E-state index in [1.54, 1.807) is 0 Å². The van der Waals surface area contributed by atoms with E-state index in [1.807, 2.05) is 24.4 Å². The predicted octanol–water partition coefficient (Wildman–Crippen LogP) is 3.51. The fraction of sp³-hybridized carbons (Fsp3) is 0.625. The predicted molar refractivity (Wildman–Crippen MR) is 101 cm³/mol. The minimum Gasteiger partial charge on any atom is -0.370 e. The first kappa shape index (κ1) is 20.1. The molecule has 0 saturated heterocycles. The molecule has 0 amide bonds. The van der Waals surface area contributed by atoms with Crippen molar-refractivity contribution in [2.24, 2.45) is 10.7 Å². The molecule has 0 aromatic carbocycles. The van der Waals surface area contributed by atoms with Gasteiger partial charge < -0.3 is 11.1 Å². The molecule has 0 radical (unpaired) electrons. The van der Waals surface area contributed by atoms with E-state index in [9.17, 15) is 0 Å². The van der Waals surface area contributed by atoms with Crippen LogP contribution in [0.3, 0.4) is 0 Å². The van der Waals surface area contributed by atoms with E-state index in [0.717, 1.165) is 31.6 Å². The summed E-state index contributed by atoms with van der Waals surface area (Å²) in [5.41, 5.74) is 6.89. The van der Waals surface area contributed by atoms with Gasteiger partial charge in [0.15, 0.2) is 5.96 Å². The number of guanidine groups is 1. The number of pyridine rings is 1. The largest absolute Gasteiger partial charge is 0.370 e. The maximum Gasteiger partial charge on any atom is 0.188 e. The fourth-order valence-corrected chi connectivity index (χ4v) is 2.01. The van der Waals surface area contributed by atoms with Gasteiger partial charge in [0.05, 0.1) is 0 Å². The summed E-state index contributed by atoms with van der Waals surface area (Å²) in [6, 6.07) is 5.94. The third-order valence-electron chi connectivity index (χ3n) is 3.21. The molecule has 5 heteroatoms. The molecule has 0 aliphatic heterocycles. The normalized spacial score (nSPS) is 11.0. The minimum atomic E-state index is 0. The quantitative estimate of drug-likeness (QED) is 0.272. The van der Waals surface area contributed by atoms with Crippen molar-refractivity contribution in [3.63, 3.8) is 0 Å². The molecule has 0 spiro atoms. The number of aliphatic imine (C=N–C) groups is 1. The van der Waals surface area contributed by atoms with Gasteiger partial charge in [0.25, 0.3) is 0 Å². The van der Waals surface area contributed by atoms with Crippen LogP contribution in [0.1, 0.15) is 51.1 Å². The highest BCUT2D eigenvalue weighted by molar-refractivity contribution is 14.0. The molecule has 0 fully saturated rings. The fourth-order valence-electron chi connectivity index (χ4n) is 2.01. The van der Waals surface area contributed by atoms with Gasteiger partial charge in [-0.2, -0.15) is 0 Å². The lowest BCUT2D eigenvalue weighted by Crippen LogP contribution is -2.33. The number of hydrogen-bond donors (Lipinski definition) is 2. The van der Waals surface area contributed by atoms with E-state index in [0.29, 0.717) is 5.96 Å². The zero-order chi connectivity index (χ0) is 14.5. The Bertz CT molecular complexity index is 368. The van der Waals surface area contributed by atoms with Crippen LogP contribution < -0.4 is 11.1 Å². The maximum absolute atomic E-state index is 5.82.